The molecule has 0 radical (unpaired) electrons. The first-order valence-electron chi connectivity index (χ1n) is 4.46. The van der Waals surface area contributed by atoms with E-state index in [4.69, 9.17) is 5.73 Å². The van der Waals surface area contributed by atoms with E-state index in [0.717, 1.165) is 5.69 Å². The van der Waals surface area contributed by atoms with E-state index in [-0.39, 0.29) is 11.0 Å². The Hall–Kier alpha value is -1.19. The van der Waals surface area contributed by atoms with E-state index >= 15 is 0 Å². The van der Waals surface area contributed by atoms with Crippen molar-refractivity contribution in [1.29, 1.82) is 0 Å². The Morgan fingerprint density at radius 2 is 2.00 bits per heavy atom. The summed E-state index contributed by atoms with van der Waals surface area (Å²) in [5.74, 6) is 0. The smallest absolute Gasteiger partial charge is 0.289 e. The normalized spacial score (nSPS) is 12.0. The summed E-state index contributed by atoms with van der Waals surface area (Å²) in [6, 6.07) is 0. The Morgan fingerprint density at radius 3 is 2.23 bits per heavy atom. The average Bonchev–Trinajstić information content (AvgIpc) is 2.28. The maximum atomic E-state index is 11.5. The van der Waals surface area contributed by atoms with Crippen LogP contribution < -0.4 is 11.3 Å². The maximum absolute atomic E-state index is 11.5. The fourth-order valence-electron chi connectivity index (χ4n) is 1.29. The first-order valence-corrected chi connectivity index (χ1v) is 4.46. The van der Waals surface area contributed by atoms with Crippen LogP contribution in [0.15, 0.2) is 4.79 Å². The van der Waals surface area contributed by atoms with E-state index in [2.05, 4.69) is 5.10 Å². The summed E-state index contributed by atoms with van der Waals surface area (Å²) < 4.78 is 1.52. The van der Waals surface area contributed by atoms with Gasteiger partial charge in [-0.3, -0.25) is 14.6 Å². The summed E-state index contributed by atoms with van der Waals surface area (Å²) in [5.41, 5.74) is 6.64. The largest absolute Gasteiger partial charge is 0.393 e. The quantitative estimate of drug-likeness (QED) is 0.684. The zero-order chi connectivity index (χ0) is 10.2. The molecule has 1 rings (SSSR count). The Labute approximate surface area is 77.7 Å². The van der Waals surface area contributed by atoms with Crippen LogP contribution in [-0.4, -0.2) is 9.78 Å². The van der Waals surface area contributed by atoms with Crippen molar-refractivity contribution in [3.63, 3.8) is 0 Å². The summed E-state index contributed by atoms with van der Waals surface area (Å²) in [5, 5.41) is 3.02. The molecule has 1 heterocycles. The minimum Gasteiger partial charge on any atom is -0.393 e. The van der Waals surface area contributed by atoms with Crippen LogP contribution in [0, 0.1) is 0 Å². The second-order valence-electron chi connectivity index (χ2n) is 4.20. The van der Waals surface area contributed by atoms with Gasteiger partial charge in [0, 0.05) is 12.0 Å². The van der Waals surface area contributed by atoms with Crippen molar-refractivity contribution < 1.29 is 0 Å². The highest BCUT2D eigenvalue weighted by Crippen LogP contribution is 2.23. The Balaban J connectivity index is 3.34. The van der Waals surface area contributed by atoms with Crippen LogP contribution >= 0.6 is 0 Å². The Bertz CT molecular complexity index is 354. The molecule has 0 aromatic carbocycles. The van der Waals surface area contributed by atoms with Gasteiger partial charge in [-0.25, -0.2) is 0 Å². The van der Waals surface area contributed by atoms with Gasteiger partial charge >= 0.3 is 0 Å². The molecule has 0 aliphatic heterocycles. The van der Waals surface area contributed by atoms with Crippen molar-refractivity contribution in [3.8, 4) is 0 Å². The summed E-state index contributed by atoms with van der Waals surface area (Å²) in [6.45, 7) is 8.60. The van der Waals surface area contributed by atoms with E-state index in [0.29, 0.717) is 12.2 Å². The minimum atomic E-state index is -0.118. The van der Waals surface area contributed by atoms with Crippen LogP contribution in [0.5, 0.6) is 0 Å². The molecule has 0 atom stereocenters. The third-order valence-corrected chi connectivity index (χ3v) is 2.06. The summed E-state index contributed by atoms with van der Waals surface area (Å²) in [6.07, 6.45) is 0. The van der Waals surface area contributed by atoms with Crippen LogP contribution in [-0.2, 0) is 12.0 Å². The number of nitrogens with zero attached hydrogens (tertiary/aromatic N) is 1. The number of nitrogens with one attached hydrogen (secondary N) is 1. The molecule has 0 aliphatic carbocycles. The monoisotopic (exact) mass is 183 g/mol. The van der Waals surface area contributed by atoms with Gasteiger partial charge < -0.3 is 5.73 Å². The highest BCUT2D eigenvalue weighted by atomic mass is 16.1. The lowest BCUT2D eigenvalue weighted by Gasteiger charge is -2.16. The van der Waals surface area contributed by atoms with Crippen LogP contribution in [0.3, 0.4) is 0 Å². The third kappa shape index (κ3) is 1.61. The van der Waals surface area contributed by atoms with E-state index in [1.807, 2.05) is 27.7 Å². The number of nitrogen functional groups attached to an aromatic ring is 1. The topological polar surface area (TPSA) is 63.8 Å². The number of aromatic nitrogens is 2. The molecule has 0 unspecified atom stereocenters. The number of H-pyrrole nitrogens is 1. The molecule has 0 spiro atoms. The fraction of sp³-hybridized carbons (Fsp3) is 0.667. The third-order valence-electron chi connectivity index (χ3n) is 2.06. The molecule has 0 amide bonds. The number of aromatic amines is 1. The lowest BCUT2D eigenvalue weighted by molar-refractivity contribution is 0.538. The molecule has 0 fully saturated rings. The number of hydrogen-bond donors (Lipinski definition) is 2. The molecule has 1 aromatic heterocycles. The molecule has 4 heteroatoms. The van der Waals surface area contributed by atoms with Crippen molar-refractivity contribution in [2.24, 2.45) is 0 Å². The molecule has 74 valence electrons. The second-order valence-corrected chi connectivity index (χ2v) is 4.20. The summed E-state index contributed by atoms with van der Waals surface area (Å²) in [4.78, 5) is 11.5. The molecule has 0 saturated carbocycles. The van der Waals surface area contributed by atoms with E-state index in [9.17, 15) is 4.79 Å². The summed E-state index contributed by atoms with van der Waals surface area (Å²) in [7, 11) is 0. The molecule has 0 aliphatic rings. The molecule has 0 bridgehead atoms. The second kappa shape index (κ2) is 2.94. The first-order chi connectivity index (χ1) is 5.88. The number of anilines is 1. The minimum absolute atomic E-state index is 0.107. The number of rotatable bonds is 1. The average molecular weight is 183 g/mol. The van der Waals surface area contributed by atoms with Gasteiger partial charge in [0.2, 0.25) is 0 Å². The van der Waals surface area contributed by atoms with Gasteiger partial charge in [0.15, 0.2) is 0 Å². The molecular weight excluding hydrogens is 166 g/mol. The van der Waals surface area contributed by atoms with Crippen LogP contribution in [0.4, 0.5) is 5.69 Å². The highest BCUT2D eigenvalue weighted by Gasteiger charge is 2.22. The van der Waals surface area contributed by atoms with Gasteiger partial charge in [0.25, 0.3) is 5.56 Å². The molecule has 0 saturated heterocycles. The van der Waals surface area contributed by atoms with Crippen molar-refractivity contribution >= 4 is 5.69 Å². The van der Waals surface area contributed by atoms with Gasteiger partial charge in [0.05, 0.1) is 5.69 Å². The number of hydrogen-bond acceptors (Lipinski definition) is 2. The van der Waals surface area contributed by atoms with Gasteiger partial charge in [-0.1, -0.05) is 20.8 Å². The SMILES string of the molecule is CCn1[nH]c(C(C)(C)C)c(N)c1=O. The molecular formula is C9H17N3O. The predicted molar refractivity (Wildman–Crippen MR) is 53.8 cm³/mol. The van der Waals surface area contributed by atoms with Crippen molar-refractivity contribution in [2.75, 3.05) is 5.73 Å². The van der Waals surface area contributed by atoms with Gasteiger partial charge in [-0.15, -0.1) is 0 Å². The van der Waals surface area contributed by atoms with Crippen LogP contribution in [0.2, 0.25) is 0 Å². The van der Waals surface area contributed by atoms with Crippen LogP contribution in [0.1, 0.15) is 33.4 Å². The zero-order valence-corrected chi connectivity index (χ0v) is 8.64. The number of nitrogens with two attached hydrogens (primary N) is 1. The van der Waals surface area contributed by atoms with Crippen LogP contribution in [0.25, 0.3) is 0 Å². The van der Waals surface area contributed by atoms with Gasteiger partial charge in [-0.2, -0.15) is 0 Å². The molecule has 13 heavy (non-hydrogen) atoms. The van der Waals surface area contributed by atoms with Gasteiger partial charge in [-0.05, 0) is 6.92 Å². The number of aryl methyl sites for hydroxylation is 1. The van der Waals surface area contributed by atoms with E-state index in [1.54, 1.807) is 0 Å². The van der Waals surface area contributed by atoms with Crippen molar-refractivity contribution in [3.05, 3.63) is 16.0 Å². The van der Waals surface area contributed by atoms with E-state index in [1.165, 1.54) is 4.68 Å². The van der Waals surface area contributed by atoms with Crippen molar-refractivity contribution in [2.45, 2.75) is 39.7 Å². The lowest BCUT2D eigenvalue weighted by atomic mass is 9.91. The summed E-state index contributed by atoms with van der Waals surface area (Å²) >= 11 is 0. The Morgan fingerprint density at radius 1 is 1.46 bits per heavy atom. The highest BCUT2D eigenvalue weighted by molar-refractivity contribution is 5.44. The zero-order valence-electron chi connectivity index (χ0n) is 8.64. The fourth-order valence-corrected chi connectivity index (χ4v) is 1.29. The van der Waals surface area contributed by atoms with Crippen molar-refractivity contribution in [1.82, 2.24) is 9.78 Å². The molecule has 3 N–H and O–H groups in total. The Kier molecular flexibility index (Phi) is 2.24. The standard InChI is InChI=1S/C9H17N3O/c1-5-12-8(13)6(10)7(11-12)9(2,3)4/h11H,5,10H2,1-4H3. The van der Waals surface area contributed by atoms with Gasteiger partial charge in [0.1, 0.15) is 5.69 Å². The molecule has 1 aromatic rings. The maximum Gasteiger partial charge on any atom is 0.289 e. The van der Waals surface area contributed by atoms with E-state index < -0.39 is 0 Å². The lowest BCUT2D eigenvalue weighted by Crippen LogP contribution is -2.17. The first kappa shape index (κ1) is 9.89. The molecule has 4 nitrogen and oxygen atoms in total. The predicted octanol–water partition coefficient (Wildman–Crippen LogP) is 1.08.